The van der Waals surface area contributed by atoms with Gasteiger partial charge in [0.05, 0.1) is 12.0 Å². The standard InChI is InChI=1S/C10H7ClN2OS2/c11-8-3-1-7(2-4-8)5-12-13-9(14)6-16-10(13)15/h1-5H,6H2/b12-5+. The van der Waals surface area contributed by atoms with Gasteiger partial charge in [0.15, 0.2) is 4.32 Å². The second-order valence-electron chi connectivity index (χ2n) is 3.06. The van der Waals surface area contributed by atoms with Crippen LogP contribution in [0.15, 0.2) is 29.4 Å². The minimum absolute atomic E-state index is 0.0831. The summed E-state index contributed by atoms with van der Waals surface area (Å²) in [5.74, 6) is 0.289. The number of benzene rings is 1. The Morgan fingerprint density at radius 2 is 2.12 bits per heavy atom. The lowest BCUT2D eigenvalue weighted by molar-refractivity contribution is -0.123. The lowest BCUT2D eigenvalue weighted by atomic mass is 10.2. The lowest BCUT2D eigenvalue weighted by Crippen LogP contribution is -2.22. The molecule has 0 atom stereocenters. The van der Waals surface area contributed by atoms with Crippen molar-refractivity contribution in [3.05, 3.63) is 34.9 Å². The Hall–Kier alpha value is -0.910. The van der Waals surface area contributed by atoms with Crippen LogP contribution < -0.4 is 0 Å². The van der Waals surface area contributed by atoms with Crippen molar-refractivity contribution >= 4 is 52.0 Å². The van der Waals surface area contributed by atoms with Crippen molar-refractivity contribution in [3.8, 4) is 0 Å². The molecule has 1 aromatic rings. The van der Waals surface area contributed by atoms with Gasteiger partial charge in [-0.2, -0.15) is 10.1 Å². The minimum atomic E-state index is -0.0831. The first-order valence-corrected chi connectivity index (χ1v) is 6.23. The molecule has 1 aromatic carbocycles. The molecule has 0 saturated carbocycles. The molecular weight excluding hydrogens is 264 g/mol. The number of amides is 1. The molecule has 2 rings (SSSR count). The number of nitrogens with zero attached hydrogens (tertiary/aromatic N) is 2. The Morgan fingerprint density at radius 3 is 2.69 bits per heavy atom. The first kappa shape index (κ1) is 11.6. The van der Waals surface area contributed by atoms with Crippen LogP contribution in [0.4, 0.5) is 0 Å². The van der Waals surface area contributed by atoms with Gasteiger partial charge in [0.1, 0.15) is 0 Å². The van der Waals surface area contributed by atoms with Crippen LogP contribution in [-0.4, -0.2) is 27.2 Å². The summed E-state index contributed by atoms with van der Waals surface area (Å²) in [5, 5.41) is 5.95. The fraction of sp³-hybridized carbons (Fsp3) is 0.100. The molecule has 82 valence electrons. The summed E-state index contributed by atoms with van der Waals surface area (Å²) < 4.78 is 0.496. The van der Waals surface area contributed by atoms with E-state index in [1.54, 1.807) is 18.3 Å². The summed E-state index contributed by atoms with van der Waals surface area (Å²) in [6.45, 7) is 0. The van der Waals surface area contributed by atoms with Gasteiger partial charge >= 0.3 is 0 Å². The van der Waals surface area contributed by atoms with E-state index in [1.165, 1.54) is 16.8 Å². The summed E-state index contributed by atoms with van der Waals surface area (Å²) in [6, 6.07) is 7.18. The maximum Gasteiger partial charge on any atom is 0.259 e. The Kier molecular flexibility index (Phi) is 3.58. The van der Waals surface area contributed by atoms with Gasteiger partial charge in [-0.3, -0.25) is 4.79 Å². The molecule has 1 amide bonds. The molecule has 0 N–H and O–H groups in total. The van der Waals surface area contributed by atoms with E-state index in [2.05, 4.69) is 5.10 Å². The monoisotopic (exact) mass is 270 g/mol. The van der Waals surface area contributed by atoms with Gasteiger partial charge in [0, 0.05) is 5.02 Å². The molecule has 0 spiro atoms. The van der Waals surface area contributed by atoms with Gasteiger partial charge in [0.25, 0.3) is 5.91 Å². The molecule has 0 aromatic heterocycles. The second kappa shape index (κ2) is 4.95. The van der Waals surface area contributed by atoms with Crippen LogP contribution in [0, 0.1) is 0 Å². The summed E-state index contributed by atoms with van der Waals surface area (Å²) >= 11 is 12.1. The third-order valence-electron chi connectivity index (χ3n) is 1.92. The highest BCUT2D eigenvalue weighted by molar-refractivity contribution is 8.23. The Bertz CT molecular complexity index is 442. The topological polar surface area (TPSA) is 32.7 Å². The van der Waals surface area contributed by atoms with E-state index in [-0.39, 0.29) is 5.91 Å². The van der Waals surface area contributed by atoms with E-state index >= 15 is 0 Å². The van der Waals surface area contributed by atoms with Crippen molar-refractivity contribution < 1.29 is 4.79 Å². The molecule has 1 aliphatic rings. The number of halogens is 1. The van der Waals surface area contributed by atoms with Crippen molar-refractivity contribution in [3.63, 3.8) is 0 Å². The molecule has 1 fully saturated rings. The first-order chi connectivity index (χ1) is 7.66. The maximum atomic E-state index is 11.3. The Balaban J connectivity index is 2.12. The van der Waals surface area contributed by atoms with Crippen molar-refractivity contribution in [2.24, 2.45) is 5.10 Å². The molecule has 1 saturated heterocycles. The van der Waals surface area contributed by atoms with Gasteiger partial charge in [0.2, 0.25) is 0 Å². The van der Waals surface area contributed by atoms with Crippen LogP contribution in [0.2, 0.25) is 5.02 Å². The average Bonchev–Trinajstić information content (AvgIpc) is 2.59. The average molecular weight is 271 g/mol. The molecule has 16 heavy (non-hydrogen) atoms. The van der Waals surface area contributed by atoms with Gasteiger partial charge in [-0.1, -0.05) is 47.7 Å². The molecule has 0 radical (unpaired) electrons. The number of hydrogen-bond acceptors (Lipinski definition) is 4. The van der Waals surface area contributed by atoms with E-state index < -0.39 is 0 Å². The number of thioether (sulfide) groups is 1. The molecule has 1 aliphatic heterocycles. The Labute approximate surface area is 107 Å². The van der Waals surface area contributed by atoms with Crippen molar-refractivity contribution in [1.82, 2.24) is 5.01 Å². The lowest BCUT2D eigenvalue weighted by Gasteiger charge is -2.06. The minimum Gasteiger partial charge on any atom is -0.272 e. The highest BCUT2D eigenvalue weighted by Crippen LogP contribution is 2.19. The largest absolute Gasteiger partial charge is 0.272 e. The number of hydrazone groups is 1. The van der Waals surface area contributed by atoms with Crippen LogP contribution in [-0.2, 0) is 4.79 Å². The fourth-order valence-corrected chi connectivity index (χ4v) is 2.22. The predicted molar refractivity (Wildman–Crippen MR) is 70.9 cm³/mol. The van der Waals surface area contributed by atoms with Crippen LogP contribution in [0.5, 0.6) is 0 Å². The van der Waals surface area contributed by atoms with Crippen LogP contribution >= 0.6 is 35.6 Å². The first-order valence-electron chi connectivity index (χ1n) is 4.46. The molecule has 3 nitrogen and oxygen atoms in total. The van der Waals surface area contributed by atoms with Gasteiger partial charge in [-0.15, -0.1) is 0 Å². The summed E-state index contributed by atoms with van der Waals surface area (Å²) in [4.78, 5) is 11.3. The predicted octanol–water partition coefficient (Wildman–Crippen LogP) is 2.53. The third kappa shape index (κ3) is 2.61. The summed E-state index contributed by atoms with van der Waals surface area (Å²) in [5.41, 5.74) is 0.872. The zero-order chi connectivity index (χ0) is 11.5. The summed E-state index contributed by atoms with van der Waals surface area (Å²) in [7, 11) is 0. The highest BCUT2D eigenvalue weighted by atomic mass is 35.5. The smallest absolute Gasteiger partial charge is 0.259 e. The van der Waals surface area contributed by atoms with Crippen molar-refractivity contribution in [1.29, 1.82) is 0 Å². The SMILES string of the molecule is O=C1CSC(=S)N1/N=C/c1ccc(Cl)cc1. The quantitative estimate of drug-likeness (QED) is 0.612. The zero-order valence-corrected chi connectivity index (χ0v) is 10.5. The van der Waals surface area contributed by atoms with Gasteiger partial charge in [-0.25, -0.2) is 0 Å². The van der Waals surface area contributed by atoms with Crippen LogP contribution in [0.25, 0.3) is 0 Å². The van der Waals surface area contributed by atoms with Crippen molar-refractivity contribution in [2.75, 3.05) is 5.75 Å². The third-order valence-corrected chi connectivity index (χ3v) is 3.51. The number of carbonyl (C=O) groups excluding carboxylic acids is 1. The van der Waals surface area contributed by atoms with E-state index in [0.29, 0.717) is 15.1 Å². The van der Waals surface area contributed by atoms with Gasteiger partial charge < -0.3 is 0 Å². The van der Waals surface area contributed by atoms with E-state index in [9.17, 15) is 4.79 Å². The highest BCUT2D eigenvalue weighted by Gasteiger charge is 2.25. The molecule has 0 bridgehead atoms. The van der Waals surface area contributed by atoms with E-state index in [4.69, 9.17) is 23.8 Å². The molecule has 1 heterocycles. The second-order valence-corrected chi connectivity index (χ2v) is 5.10. The van der Waals surface area contributed by atoms with Crippen LogP contribution in [0.1, 0.15) is 5.56 Å². The molecule has 0 unspecified atom stereocenters. The normalized spacial score (nSPS) is 16.4. The molecule has 6 heteroatoms. The zero-order valence-electron chi connectivity index (χ0n) is 8.09. The number of thiocarbonyl (C=S) groups is 1. The molecular formula is C10H7ClN2OS2. The number of rotatable bonds is 2. The maximum absolute atomic E-state index is 11.3. The van der Waals surface area contributed by atoms with Gasteiger partial charge in [-0.05, 0) is 17.7 Å². The Morgan fingerprint density at radius 1 is 1.44 bits per heavy atom. The van der Waals surface area contributed by atoms with E-state index in [0.717, 1.165) is 5.56 Å². The van der Waals surface area contributed by atoms with Crippen LogP contribution in [0.3, 0.4) is 0 Å². The van der Waals surface area contributed by atoms with E-state index in [1.807, 2.05) is 12.1 Å². The molecule has 0 aliphatic carbocycles. The fourth-order valence-electron chi connectivity index (χ4n) is 1.13. The number of carbonyl (C=O) groups is 1. The van der Waals surface area contributed by atoms with Crippen molar-refractivity contribution in [2.45, 2.75) is 0 Å². The summed E-state index contributed by atoms with van der Waals surface area (Å²) in [6.07, 6.45) is 1.59. The number of hydrogen-bond donors (Lipinski definition) is 0.